The summed E-state index contributed by atoms with van der Waals surface area (Å²) in [5.74, 6) is 0.233. The molecular weight excluding hydrogens is 242 g/mol. The molecule has 1 atom stereocenters. The average Bonchev–Trinajstić information content (AvgIpc) is 2.39. The molecule has 0 radical (unpaired) electrons. The van der Waals surface area contributed by atoms with Crippen LogP contribution in [-0.2, 0) is 0 Å². The average molecular weight is 257 g/mol. The highest BCUT2D eigenvalue weighted by molar-refractivity contribution is 5.95. The van der Waals surface area contributed by atoms with Crippen LogP contribution in [0.15, 0.2) is 42.6 Å². The van der Waals surface area contributed by atoms with E-state index in [0.717, 1.165) is 5.56 Å². The Balaban J connectivity index is 2.24. The maximum atomic E-state index is 11.3. The fourth-order valence-corrected chi connectivity index (χ4v) is 1.59. The van der Waals surface area contributed by atoms with Crippen LogP contribution in [0.1, 0.15) is 28.9 Å². The number of rotatable bonds is 4. The van der Waals surface area contributed by atoms with Crippen LogP contribution in [-0.4, -0.2) is 10.9 Å². The minimum Gasteiger partial charge on any atom is -0.438 e. The topological polar surface area (TPSA) is 91.2 Å². The molecule has 19 heavy (non-hydrogen) atoms. The molecule has 2 aromatic rings. The van der Waals surface area contributed by atoms with E-state index < -0.39 is 5.91 Å². The van der Waals surface area contributed by atoms with E-state index in [1.165, 1.54) is 0 Å². The minimum atomic E-state index is -0.539. The Morgan fingerprint density at radius 2 is 2.00 bits per heavy atom. The van der Waals surface area contributed by atoms with E-state index in [4.69, 9.17) is 16.2 Å². The molecule has 0 spiro atoms. The maximum absolute atomic E-state index is 11.3. The van der Waals surface area contributed by atoms with Crippen LogP contribution in [0.4, 0.5) is 0 Å². The molecule has 0 bridgehead atoms. The molecule has 0 aliphatic carbocycles. The molecule has 0 fully saturated rings. The number of hydrogen-bond acceptors (Lipinski definition) is 4. The highest BCUT2D eigenvalue weighted by Crippen LogP contribution is 2.24. The lowest BCUT2D eigenvalue weighted by molar-refractivity contribution is 0.0998. The van der Waals surface area contributed by atoms with Gasteiger partial charge in [-0.25, -0.2) is 4.98 Å². The van der Waals surface area contributed by atoms with Gasteiger partial charge in [0.1, 0.15) is 5.75 Å². The number of para-hydroxylation sites is 1. The van der Waals surface area contributed by atoms with Gasteiger partial charge in [-0.2, -0.15) is 0 Å². The summed E-state index contributed by atoms with van der Waals surface area (Å²) in [6.45, 7) is 1.87. The number of nitrogens with zero attached hydrogens (tertiary/aromatic N) is 1. The summed E-state index contributed by atoms with van der Waals surface area (Å²) < 4.78 is 5.55. The van der Waals surface area contributed by atoms with Crippen LogP contribution in [0.5, 0.6) is 11.6 Å². The van der Waals surface area contributed by atoms with Crippen LogP contribution >= 0.6 is 0 Å². The third-order valence-electron chi connectivity index (χ3n) is 2.65. The Hall–Kier alpha value is -2.40. The van der Waals surface area contributed by atoms with Crippen LogP contribution in [0.3, 0.4) is 0 Å². The largest absolute Gasteiger partial charge is 0.438 e. The van der Waals surface area contributed by atoms with Gasteiger partial charge in [0.05, 0.1) is 5.56 Å². The number of pyridine rings is 1. The molecule has 1 aromatic carbocycles. The predicted octanol–water partition coefficient (Wildman–Crippen LogP) is 1.99. The summed E-state index contributed by atoms with van der Waals surface area (Å²) in [5, 5.41) is 0. The Morgan fingerprint density at radius 3 is 2.58 bits per heavy atom. The zero-order chi connectivity index (χ0) is 13.8. The standard InChI is InChI=1S/C14H15N3O2/c1-9(15)10-6-7-13(17-8-10)19-12-5-3-2-4-11(12)14(16)18/h2-9H,15H2,1H3,(H2,16,18)/t9-/m1/s1. The van der Waals surface area contributed by atoms with Crippen molar-refractivity contribution in [2.24, 2.45) is 11.5 Å². The number of aromatic nitrogens is 1. The van der Waals surface area contributed by atoms with E-state index in [2.05, 4.69) is 4.98 Å². The molecule has 0 saturated heterocycles. The summed E-state index contributed by atoms with van der Waals surface area (Å²) in [6.07, 6.45) is 1.65. The summed E-state index contributed by atoms with van der Waals surface area (Å²) in [7, 11) is 0. The van der Waals surface area contributed by atoms with Crippen molar-refractivity contribution in [3.8, 4) is 11.6 Å². The van der Waals surface area contributed by atoms with Crippen molar-refractivity contribution < 1.29 is 9.53 Å². The van der Waals surface area contributed by atoms with Crippen LogP contribution < -0.4 is 16.2 Å². The van der Waals surface area contributed by atoms with E-state index in [1.54, 1.807) is 36.5 Å². The van der Waals surface area contributed by atoms with Crippen molar-refractivity contribution in [3.63, 3.8) is 0 Å². The summed E-state index contributed by atoms with van der Waals surface area (Å²) >= 11 is 0. The Labute approximate surface area is 111 Å². The summed E-state index contributed by atoms with van der Waals surface area (Å²) in [6, 6.07) is 10.2. The molecule has 0 aliphatic rings. The van der Waals surface area contributed by atoms with Crippen LogP contribution in [0, 0.1) is 0 Å². The highest BCUT2D eigenvalue weighted by Gasteiger charge is 2.10. The lowest BCUT2D eigenvalue weighted by Crippen LogP contribution is -2.12. The summed E-state index contributed by atoms with van der Waals surface area (Å²) in [5.41, 5.74) is 12.2. The second-order valence-electron chi connectivity index (χ2n) is 4.18. The fourth-order valence-electron chi connectivity index (χ4n) is 1.59. The van der Waals surface area contributed by atoms with Crippen molar-refractivity contribution >= 4 is 5.91 Å². The first-order chi connectivity index (χ1) is 9.08. The lowest BCUT2D eigenvalue weighted by atomic mass is 10.1. The quantitative estimate of drug-likeness (QED) is 0.876. The fraction of sp³-hybridized carbons (Fsp3) is 0.143. The third kappa shape index (κ3) is 3.08. The van der Waals surface area contributed by atoms with Crippen molar-refractivity contribution in [3.05, 3.63) is 53.7 Å². The molecule has 0 aliphatic heterocycles. The smallest absolute Gasteiger partial charge is 0.252 e. The van der Waals surface area contributed by atoms with Crippen molar-refractivity contribution in [1.82, 2.24) is 4.98 Å². The first-order valence-corrected chi connectivity index (χ1v) is 5.86. The highest BCUT2D eigenvalue weighted by atomic mass is 16.5. The number of carbonyl (C=O) groups excluding carboxylic acids is 1. The lowest BCUT2D eigenvalue weighted by Gasteiger charge is -2.09. The van der Waals surface area contributed by atoms with Gasteiger partial charge in [0.2, 0.25) is 5.88 Å². The van der Waals surface area contributed by atoms with E-state index in [9.17, 15) is 4.79 Å². The number of benzene rings is 1. The Bertz CT molecular complexity index is 579. The van der Waals surface area contributed by atoms with Crippen LogP contribution in [0.2, 0.25) is 0 Å². The number of nitrogens with two attached hydrogens (primary N) is 2. The van der Waals surface area contributed by atoms with Gasteiger partial charge >= 0.3 is 0 Å². The molecule has 1 heterocycles. The van der Waals surface area contributed by atoms with Crippen molar-refractivity contribution in [1.29, 1.82) is 0 Å². The number of primary amides is 1. The van der Waals surface area contributed by atoms with Gasteiger partial charge in [-0.3, -0.25) is 4.79 Å². The van der Waals surface area contributed by atoms with Gasteiger partial charge < -0.3 is 16.2 Å². The first-order valence-electron chi connectivity index (χ1n) is 5.86. The molecule has 2 rings (SSSR count). The van der Waals surface area contributed by atoms with Gasteiger partial charge in [-0.05, 0) is 24.6 Å². The summed E-state index contributed by atoms with van der Waals surface area (Å²) in [4.78, 5) is 15.4. The van der Waals surface area contributed by atoms with Gasteiger partial charge in [-0.15, -0.1) is 0 Å². The molecule has 0 unspecified atom stereocenters. The van der Waals surface area contributed by atoms with E-state index >= 15 is 0 Å². The molecule has 5 nitrogen and oxygen atoms in total. The Kier molecular flexibility index (Phi) is 3.77. The predicted molar refractivity (Wildman–Crippen MR) is 71.9 cm³/mol. The second kappa shape index (κ2) is 5.49. The minimum absolute atomic E-state index is 0.0838. The number of ether oxygens (including phenoxy) is 1. The third-order valence-corrected chi connectivity index (χ3v) is 2.65. The van der Waals surface area contributed by atoms with Crippen LogP contribution in [0.25, 0.3) is 0 Å². The van der Waals surface area contributed by atoms with Gasteiger partial charge in [-0.1, -0.05) is 18.2 Å². The molecule has 4 N–H and O–H groups in total. The van der Waals surface area contributed by atoms with Crippen molar-refractivity contribution in [2.45, 2.75) is 13.0 Å². The molecule has 98 valence electrons. The number of hydrogen-bond donors (Lipinski definition) is 2. The zero-order valence-corrected chi connectivity index (χ0v) is 10.5. The normalized spacial score (nSPS) is 11.9. The number of amides is 1. The number of carbonyl (C=O) groups is 1. The van der Waals surface area contributed by atoms with Gasteiger partial charge in [0, 0.05) is 18.3 Å². The van der Waals surface area contributed by atoms with E-state index in [0.29, 0.717) is 17.2 Å². The van der Waals surface area contributed by atoms with Gasteiger partial charge in [0.15, 0.2) is 0 Å². The SMILES string of the molecule is C[C@@H](N)c1ccc(Oc2ccccc2C(N)=O)nc1. The molecule has 5 heteroatoms. The Morgan fingerprint density at radius 1 is 1.26 bits per heavy atom. The second-order valence-corrected chi connectivity index (χ2v) is 4.18. The van der Waals surface area contributed by atoms with Crippen molar-refractivity contribution in [2.75, 3.05) is 0 Å². The van der Waals surface area contributed by atoms with E-state index in [-0.39, 0.29) is 6.04 Å². The molecule has 1 aromatic heterocycles. The zero-order valence-electron chi connectivity index (χ0n) is 10.5. The monoisotopic (exact) mass is 257 g/mol. The molecule has 0 saturated carbocycles. The van der Waals surface area contributed by atoms with E-state index in [1.807, 2.05) is 13.0 Å². The first kappa shape index (κ1) is 13.0. The van der Waals surface area contributed by atoms with Gasteiger partial charge in [0.25, 0.3) is 5.91 Å². The maximum Gasteiger partial charge on any atom is 0.252 e. The molecular formula is C14H15N3O2. The molecule has 1 amide bonds.